The highest BCUT2D eigenvalue weighted by atomic mass is 16.3. The van der Waals surface area contributed by atoms with Crippen LogP contribution < -0.4 is 11.1 Å². The van der Waals surface area contributed by atoms with Crippen LogP contribution in [0, 0.1) is 6.92 Å². The van der Waals surface area contributed by atoms with Gasteiger partial charge in [-0.25, -0.2) is 0 Å². The number of nitrogens with one attached hydrogen (secondary N) is 1. The molecule has 0 aromatic carbocycles. The lowest BCUT2D eigenvalue weighted by Gasteiger charge is -2.26. The van der Waals surface area contributed by atoms with Gasteiger partial charge in [0.1, 0.15) is 11.5 Å². The molecule has 13 heavy (non-hydrogen) atoms. The van der Waals surface area contributed by atoms with E-state index in [1.165, 1.54) is 0 Å². The average Bonchev–Trinajstić information content (AvgIpc) is 2.52. The van der Waals surface area contributed by atoms with Crippen molar-refractivity contribution in [3.8, 4) is 0 Å². The molecule has 0 amide bonds. The van der Waals surface area contributed by atoms with E-state index in [0.717, 1.165) is 30.9 Å². The van der Waals surface area contributed by atoms with E-state index in [9.17, 15) is 0 Å². The number of nitrogens with two attached hydrogens (primary N) is 1. The second-order valence-electron chi connectivity index (χ2n) is 3.74. The number of hydrogen-bond acceptors (Lipinski definition) is 3. The van der Waals surface area contributed by atoms with Gasteiger partial charge in [0.2, 0.25) is 0 Å². The summed E-state index contributed by atoms with van der Waals surface area (Å²) in [6.45, 7) is 2.96. The van der Waals surface area contributed by atoms with Crippen LogP contribution in [0.5, 0.6) is 0 Å². The maximum absolute atomic E-state index is 5.89. The van der Waals surface area contributed by atoms with E-state index in [1.807, 2.05) is 19.1 Å². The summed E-state index contributed by atoms with van der Waals surface area (Å²) in [7, 11) is 0. The Morgan fingerprint density at radius 2 is 2.38 bits per heavy atom. The van der Waals surface area contributed by atoms with Crippen LogP contribution >= 0.6 is 0 Å². The monoisotopic (exact) mass is 180 g/mol. The minimum atomic E-state index is 0.316. The van der Waals surface area contributed by atoms with Crippen molar-refractivity contribution >= 4 is 0 Å². The fourth-order valence-electron chi connectivity index (χ4n) is 1.80. The van der Waals surface area contributed by atoms with E-state index in [2.05, 4.69) is 5.32 Å². The molecular formula is C10H16N2O. The van der Waals surface area contributed by atoms with Crippen molar-refractivity contribution in [3.63, 3.8) is 0 Å². The highest BCUT2D eigenvalue weighted by Gasteiger charge is 2.22. The van der Waals surface area contributed by atoms with Gasteiger partial charge in [-0.05, 0) is 38.4 Å². The van der Waals surface area contributed by atoms with E-state index < -0.39 is 0 Å². The Balaban J connectivity index is 2.08. The fourth-order valence-corrected chi connectivity index (χ4v) is 1.80. The van der Waals surface area contributed by atoms with E-state index in [-0.39, 0.29) is 0 Å². The second kappa shape index (κ2) is 3.52. The molecule has 0 radical (unpaired) electrons. The van der Waals surface area contributed by atoms with Gasteiger partial charge in [0, 0.05) is 6.04 Å². The van der Waals surface area contributed by atoms with Crippen molar-refractivity contribution in [1.82, 2.24) is 5.32 Å². The van der Waals surface area contributed by atoms with Gasteiger partial charge in [-0.2, -0.15) is 0 Å². The SMILES string of the molecule is Cc1ccc(C2CC(N)CCN2)o1. The molecule has 0 bridgehead atoms. The van der Waals surface area contributed by atoms with Crippen LogP contribution in [0.1, 0.15) is 30.4 Å². The first-order valence-corrected chi connectivity index (χ1v) is 4.81. The summed E-state index contributed by atoms with van der Waals surface area (Å²) >= 11 is 0. The Labute approximate surface area is 78.3 Å². The average molecular weight is 180 g/mol. The molecule has 1 fully saturated rings. The zero-order valence-corrected chi connectivity index (χ0v) is 7.92. The predicted octanol–water partition coefficient (Wildman–Crippen LogP) is 1.34. The Morgan fingerprint density at radius 1 is 1.54 bits per heavy atom. The maximum atomic E-state index is 5.89. The fraction of sp³-hybridized carbons (Fsp3) is 0.600. The number of rotatable bonds is 1. The second-order valence-corrected chi connectivity index (χ2v) is 3.74. The quantitative estimate of drug-likeness (QED) is 0.685. The molecule has 0 aliphatic carbocycles. The molecule has 3 heteroatoms. The van der Waals surface area contributed by atoms with E-state index >= 15 is 0 Å². The van der Waals surface area contributed by atoms with Gasteiger partial charge in [0.05, 0.1) is 6.04 Å². The summed E-state index contributed by atoms with van der Waals surface area (Å²) < 4.78 is 5.55. The normalized spacial score (nSPS) is 29.1. The molecule has 2 rings (SSSR count). The van der Waals surface area contributed by atoms with Gasteiger partial charge in [-0.3, -0.25) is 0 Å². The largest absolute Gasteiger partial charge is 0.465 e. The standard InChI is InChI=1S/C10H16N2O/c1-7-2-3-10(13-7)9-6-8(11)4-5-12-9/h2-3,8-9,12H,4-6,11H2,1H3. The van der Waals surface area contributed by atoms with Gasteiger partial charge < -0.3 is 15.5 Å². The lowest BCUT2D eigenvalue weighted by Crippen LogP contribution is -2.38. The molecule has 1 saturated heterocycles. The summed E-state index contributed by atoms with van der Waals surface area (Å²) in [5, 5.41) is 3.41. The zero-order valence-electron chi connectivity index (χ0n) is 7.92. The highest BCUT2D eigenvalue weighted by molar-refractivity contribution is 5.10. The van der Waals surface area contributed by atoms with Crippen LogP contribution in [-0.2, 0) is 0 Å². The molecule has 0 spiro atoms. The van der Waals surface area contributed by atoms with Crippen molar-refractivity contribution < 1.29 is 4.42 Å². The lowest BCUT2D eigenvalue weighted by molar-refractivity contribution is 0.318. The molecule has 3 N–H and O–H groups in total. The number of furan rings is 1. The van der Waals surface area contributed by atoms with Crippen LogP contribution in [0.3, 0.4) is 0 Å². The van der Waals surface area contributed by atoms with Crippen molar-refractivity contribution in [2.75, 3.05) is 6.54 Å². The zero-order chi connectivity index (χ0) is 9.26. The van der Waals surface area contributed by atoms with E-state index in [1.54, 1.807) is 0 Å². The first-order chi connectivity index (χ1) is 6.25. The third kappa shape index (κ3) is 1.92. The van der Waals surface area contributed by atoms with Crippen LogP contribution in [0.15, 0.2) is 16.5 Å². The van der Waals surface area contributed by atoms with Crippen molar-refractivity contribution in [2.24, 2.45) is 5.73 Å². The number of piperidine rings is 1. The number of aryl methyl sites for hydroxylation is 1. The van der Waals surface area contributed by atoms with Gasteiger partial charge >= 0.3 is 0 Å². The minimum absolute atomic E-state index is 0.316. The molecule has 1 aliphatic rings. The van der Waals surface area contributed by atoms with Crippen molar-refractivity contribution in [3.05, 3.63) is 23.7 Å². The molecular weight excluding hydrogens is 164 g/mol. The molecule has 2 unspecified atom stereocenters. The maximum Gasteiger partial charge on any atom is 0.121 e. The molecule has 1 aromatic rings. The van der Waals surface area contributed by atoms with Crippen molar-refractivity contribution in [2.45, 2.75) is 31.8 Å². The van der Waals surface area contributed by atoms with Crippen LogP contribution in [0.25, 0.3) is 0 Å². The van der Waals surface area contributed by atoms with Gasteiger partial charge in [0.15, 0.2) is 0 Å². The molecule has 0 saturated carbocycles. The first kappa shape index (κ1) is 8.78. The Bertz CT molecular complexity index is 282. The summed E-state index contributed by atoms with van der Waals surface area (Å²) in [6, 6.07) is 4.66. The molecule has 2 atom stereocenters. The lowest BCUT2D eigenvalue weighted by atomic mass is 9.99. The highest BCUT2D eigenvalue weighted by Crippen LogP contribution is 2.23. The summed E-state index contributed by atoms with van der Waals surface area (Å²) in [5.74, 6) is 1.99. The molecule has 72 valence electrons. The summed E-state index contributed by atoms with van der Waals surface area (Å²) in [5.41, 5.74) is 5.89. The van der Waals surface area contributed by atoms with Crippen LogP contribution in [0.2, 0.25) is 0 Å². The summed E-state index contributed by atoms with van der Waals surface area (Å²) in [6.07, 6.45) is 2.04. The van der Waals surface area contributed by atoms with Crippen LogP contribution in [0.4, 0.5) is 0 Å². The van der Waals surface area contributed by atoms with E-state index in [0.29, 0.717) is 12.1 Å². The first-order valence-electron chi connectivity index (χ1n) is 4.81. The predicted molar refractivity (Wildman–Crippen MR) is 51.4 cm³/mol. The van der Waals surface area contributed by atoms with Crippen LogP contribution in [-0.4, -0.2) is 12.6 Å². The minimum Gasteiger partial charge on any atom is -0.465 e. The third-order valence-electron chi connectivity index (χ3n) is 2.55. The van der Waals surface area contributed by atoms with Gasteiger partial charge in [-0.1, -0.05) is 0 Å². The third-order valence-corrected chi connectivity index (χ3v) is 2.55. The molecule has 2 heterocycles. The van der Waals surface area contributed by atoms with Gasteiger partial charge in [-0.15, -0.1) is 0 Å². The molecule has 1 aromatic heterocycles. The Hall–Kier alpha value is -0.800. The Morgan fingerprint density at radius 3 is 3.00 bits per heavy atom. The number of hydrogen-bond donors (Lipinski definition) is 2. The smallest absolute Gasteiger partial charge is 0.121 e. The molecule has 1 aliphatic heterocycles. The van der Waals surface area contributed by atoms with Gasteiger partial charge in [0.25, 0.3) is 0 Å². The van der Waals surface area contributed by atoms with Crippen molar-refractivity contribution in [1.29, 1.82) is 0 Å². The molecule has 3 nitrogen and oxygen atoms in total. The van der Waals surface area contributed by atoms with E-state index in [4.69, 9.17) is 10.2 Å². The summed E-state index contributed by atoms with van der Waals surface area (Å²) in [4.78, 5) is 0. The topological polar surface area (TPSA) is 51.2 Å². The Kier molecular flexibility index (Phi) is 2.38.